The summed E-state index contributed by atoms with van der Waals surface area (Å²) in [6.07, 6.45) is 56.2. The third-order valence-corrected chi connectivity index (χ3v) is 19.5. The van der Waals surface area contributed by atoms with E-state index < -0.39 is 97.5 Å². The number of unbranched alkanes of at least 4 members (excludes halogenated alkanes) is 37. The summed E-state index contributed by atoms with van der Waals surface area (Å²) in [7, 11) is -9.93. The number of esters is 4. The zero-order chi connectivity index (χ0) is 70.9. The Bertz CT molecular complexity index is 1970. The van der Waals surface area contributed by atoms with E-state index in [9.17, 15) is 43.2 Å². The molecule has 0 aromatic heterocycles. The van der Waals surface area contributed by atoms with Crippen LogP contribution in [0.15, 0.2) is 24.3 Å². The third kappa shape index (κ3) is 68.7. The molecular formula is C77H146O17P2. The monoisotopic (exact) mass is 1410 g/mol. The molecule has 96 heavy (non-hydrogen) atoms. The summed E-state index contributed by atoms with van der Waals surface area (Å²) in [6.45, 7) is 11.8. The highest BCUT2D eigenvalue weighted by atomic mass is 31.2. The van der Waals surface area contributed by atoms with Crippen LogP contribution in [0, 0.1) is 17.8 Å². The fourth-order valence-electron chi connectivity index (χ4n) is 11.2. The van der Waals surface area contributed by atoms with Gasteiger partial charge in [0, 0.05) is 25.7 Å². The maximum Gasteiger partial charge on any atom is 0.472 e. The Morgan fingerprint density at radius 1 is 0.344 bits per heavy atom. The average molecular weight is 1410 g/mol. The van der Waals surface area contributed by atoms with Crippen LogP contribution in [0.25, 0.3) is 0 Å². The Kier molecular flexibility index (Phi) is 65.3. The topological polar surface area (TPSA) is 237 Å². The molecule has 0 fully saturated rings. The number of allylic oxidation sites excluding steroid dienone is 4. The molecule has 566 valence electrons. The minimum atomic E-state index is -4.97. The molecule has 0 aliphatic rings. The zero-order valence-corrected chi connectivity index (χ0v) is 64.1. The first-order valence-corrected chi connectivity index (χ1v) is 42.2. The molecule has 17 nitrogen and oxygen atoms in total. The quantitative estimate of drug-likeness (QED) is 0.0169. The van der Waals surface area contributed by atoms with Gasteiger partial charge in [-0.05, 0) is 69.1 Å². The molecule has 0 aliphatic carbocycles. The predicted molar refractivity (Wildman–Crippen MR) is 390 cm³/mol. The normalized spacial score (nSPS) is 14.5. The number of ether oxygens (including phenoxy) is 4. The van der Waals surface area contributed by atoms with Crippen molar-refractivity contribution in [3.05, 3.63) is 24.3 Å². The van der Waals surface area contributed by atoms with Gasteiger partial charge in [-0.25, -0.2) is 9.13 Å². The summed E-state index contributed by atoms with van der Waals surface area (Å²) in [5, 5.41) is 10.6. The number of aliphatic hydroxyl groups is 1. The van der Waals surface area contributed by atoms with E-state index in [1.807, 2.05) is 0 Å². The minimum Gasteiger partial charge on any atom is -0.462 e. The van der Waals surface area contributed by atoms with Crippen LogP contribution < -0.4 is 0 Å². The van der Waals surface area contributed by atoms with Gasteiger partial charge in [-0.3, -0.25) is 37.3 Å². The Balaban J connectivity index is 5.31. The molecule has 0 aromatic rings. The van der Waals surface area contributed by atoms with Gasteiger partial charge >= 0.3 is 39.5 Å². The number of hydrogen-bond acceptors (Lipinski definition) is 15. The summed E-state index contributed by atoms with van der Waals surface area (Å²) < 4.78 is 68.5. The SMILES string of the molecule is CCCCCC/C=C\C=C/CCCCCCCC(=O)OC[C@H](COP(=O)(O)OC[C@@H](O)COP(=O)(O)OC[C@@H](COC(=O)CCCCCCCCCCC(C)C)OC(=O)CCCCCCCCCCCCC(C)CC)OC(=O)CCCCCCCCCCCCCCCC(C)C. The summed E-state index contributed by atoms with van der Waals surface area (Å²) in [4.78, 5) is 72.9. The second-order valence-electron chi connectivity index (χ2n) is 28.3. The standard InChI is InChI=1S/C77H146O17P2/c1-8-10-11-12-13-14-15-16-17-20-23-29-37-44-51-58-74(79)87-64-72(93-76(81)60-53-46-39-30-24-21-18-19-22-27-34-41-48-55-68(3)4)66-91-95(83,84)89-62-71(78)63-90-96(85,86)92-67-73(65-88-75(80)59-52-45-38-33-32-35-42-49-56-69(5)6)94-77(82)61-54-47-40-31-26-25-28-36-43-50-57-70(7)9-2/h14-17,68-73,78H,8-13,18-67H2,1-7H3,(H,83,84)(H,85,86)/b15-14-,17-16-/t70?,71-,72-,73-/m1/s1. The smallest absolute Gasteiger partial charge is 0.462 e. The van der Waals surface area contributed by atoms with Crippen LogP contribution >= 0.6 is 15.6 Å². The van der Waals surface area contributed by atoms with Crippen LogP contribution in [0.1, 0.15) is 370 Å². The van der Waals surface area contributed by atoms with Gasteiger partial charge in [0.15, 0.2) is 12.2 Å². The summed E-state index contributed by atoms with van der Waals surface area (Å²) in [5.74, 6) is 0.163. The molecule has 0 aromatic carbocycles. The van der Waals surface area contributed by atoms with Gasteiger partial charge in [0.25, 0.3) is 0 Å². The van der Waals surface area contributed by atoms with Crippen molar-refractivity contribution in [3.8, 4) is 0 Å². The van der Waals surface area contributed by atoms with Gasteiger partial charge < -0.3 is 33.8 Å². The molecule has 0 saturated carbocycles. The van der Waals surface area contributed by atoms with Crippen molar-refractivity contribution < 1.29 is 80.2 Å². The molecule has 3 N–H and O–H groups in total. The van der Waals surface area contributed by atoms with Gasteiger partial charge in [0.2, 0.25) is 0 Å². The second kappa shape index (κ2) is 67.1. The van der Waals surface area contributed by atoms with Crippen LogP contribution in [-0.4, -0.2) is 96.7 Å². The zero-order valence-electron chi connectivity index (χ0n) is 62.3. The number of phosphoric ester groups is 2. The maximum absolute atomic E-state index is 13.1. The van der Waals surface area contributed by atoms with Gasteiger partial charge in [-0.15, -0.1) is 0 Å². The van der Waals surface area contributed by atoms with Crippen molar-refractivity contribution in [1.29, 1.82) is 0 Å². The number of phosphoric acid groups is 2. The fourth-order valence-corrected chi connectivity index (χ4v) is 12.8. The highest BCUT2D eigenvalue weighted by Crippen LogP contribution is 2.45. The van der Waals surface area contributed by atoms with E-state index in [1.165, 1.54) is 161 Å². The minimum absolute atomic E-state index is 0.1000. The van der Waals surface area contributed by atoms with Gasteiger partial charge in [0.1, 0.15) is 19.3 Å². The molecular weight excluding hydrogens is 1260 g/mol. The number of rotatable bonds is 73. The summed E-state index contributed by atoms with van der Waals surface area (Å²) >= 11 is 0. The molecule has 3 unspecified atom stereocenters. The molecule has 0 radical (unpaired) electrons. The average Bonchev–Trinajstić information content (AvgIpc) is 2.98. The number of aliphatic hydroxyl groups excluding tert-OH is 1. The first kappa shape index (κ1) is 93.5. The van der Waals surface area contributed by atoms with Gasteiger partial charge in [-0.1, -0.05) is 317 Å². The molecule has 0 rings (SSSR count). The highest BCUT2D eigenvalue weighted by Gasteiger charge is 2.30. The van der Waals surface area contributed by atoms with Crippen LogP contribution in [0.5, 0.6) is 0 Å². The Hall–Kier alpha value is -2.46. The van der Waals surface area contributed by atoms with E-state index in [4.69, 9.17) is 37.0 Å². The van der Waals surface area contributed by atoms with E-state index in [1.54, 1.807) is 0 Å². The Morgan fingerprint density at radius 2 is 0.615 bits per heavy atom. The van der Waals surface area contributed by atoms with Crippen LogP contribution in [0.4, 0.5) is 0 Å². The van der Waals surface area contributed by atoms with Crippen molar-refractivity contribution in [3.63, 3.8) is 0 Å². The van der Waals surface area contributed by atoms with E-state index >= 15 is 0 Å². The van der Waals surface area contributed by atoms with Crippen molar-refractivity contribution in [2.45, 2.75) is 388 Å². The van der Waals surface area contributed by atoms with E-state index in [-0.39, 0.29) is 25.7 Å². The largest absolute Gasteiger partial charge is 0.472 e. The molecule has 19 heteroatoms. The molecule has 0 spiro atoms. The van der Waals surface area contributed by atoms with Gasteiger partial charge in [-0.2, -0.15) is 0 Å². The van der Waals surface area contributed by atoms with Crippen molar-refractivity contribution in [2.75, 3.05) is 39.6 Å². The molecule has 0 saturated heterocycles. The summed E-state index contributed by atoms with van der Waals surface area (Å²) in [5.41, 5.74) is 0. The lowest BCUT2D eigenvalue weighted by Crippen LogP contribution is -2.30. The number of carbonyl (C=O) groups is 4. The van der Waals surface area contributed by atoms with Crippen LogP contribution in [0.2, 0.25) is 0 Å². The number of carbonyl (C=O) groups excluding carboxylic acids is 4. The van der Waals surface area contributed by atoms with Crippen molar-refractivity contribution in [2.24, 2.45) is 17.8 Å². The first-order valence-electron chi connectivity index (χ1n) is 39.2. The Morgan fingerprint density at radius 3 is 0.927 bits per heavy atom. The number of hydrogen-bond donors (Lipinski definition) is 3. The third-order valence-electron chi connectivity index (χ3n) is 17.6. The van der Waals surface area contributed by atoms with Crippen LogP contribution in [-0.2, 0) is 65.4 Å². The first-order chi connectivity index (χ1) is 46.3. The summed E-state index contributed by atoms with van der Waals surface area (Å²) in [6, 6.07) is 0. The maximum atomic E-state index is 13.1. The lowest BCUT2D eigenvalue weighted by molar-refractivity contribution is -0.161. The van der Waals surface area contributed by atoms with E-state index in [0.717, 1.165) is 127 Å². The second-order valence-corrected chi connectivity index (χ2v) is 31.2. The molecule has 0 bridgehead atoms. The lowest BCUT2D eigenvalue weighted by atomic mass is 9.99. The van der Waals surface area contributed by atoms with E-state index in [2.05, 4.69) is 72.8 Å². The predicted octanol–water partition coefficient (Wildman–Crippen LogP) is 22.1. The van der Waals surface area contributed by atoms with Crippen molar-refractivity contribution in [1.82, 2.24) is 0 Å². The fraction of sp³-hybridized carbons (Fsp3) is 0.896. The molecule has 6 atom stereocenters. The molecule has 0 aliphatic heterocycles. The highest BCUT2D eigenvalue weighted by molar-refractivity contribution is 7.47. The molecule has 0 heterocycles. The van der Waals surface area contributed by atoms with E-state index in [0.29, 0.717) is 25.7 Å². The Labute approximate surface area is 586 Å². The van der Waals surface area contributed by atoms with Crippen LogP contribution in [0.3, 0.4) is 0 Å². The lowest BCUT2D eigenvalue weighted by Gasteiger charge is -2.21. The molecule has 0 amide bonds. The van der Waals surface area contributed by atoms with Gasteiger partial charge in [0.05, 0.1) is 26.4 Å². The van der Waals surface area contributed by atoms with Crippen molar-refractivity contribution >= 4 is 39.5 Å².